The number of benzene rings is 1. The summed E-state index contributed by atoms with van der Waals surface area (Å²) in [4.78, 5) is 21.2. The van der Waals surface area contributed by atoms with Crippen molar-refractivity contribution < 1.29 is 4.79 Å². The zero-order chi connectivity index (χ0) is 15.7. The van der Waals surface area contributed by atoms with Crippen molar-refractivity contribution in [2.24, 2.45) is 5.92 Å². The second-order valence-electron chi connectivity index (χ2n) is 5.83. The van der Waals surface area contributed by atoms with Gasteiger partial charge in [-0.2, -0.15) is 0 Å². The van der Waals surface area contributed by atoms with Gasteiger partial charge < -0.3 is 0 Å². The molecule has 1 N–H and O–H groups in total. The zero-order valence-electron chi connectivity index (χ0n) is 12.9. The van der Waals surface area contributed by atoms with Gasteiger partial charge in [-0.25, -0.2) is 9.97 Å². The van der Waals surface area contributed by atoms with Crippen LogP contribution in [0.25, 0.3) is 0 Å². The van der Waals surface area contributed by atoms with Crippen molar-refractivity contribution in [3.8, 4) is 0 Å². The lowest BCUT2D eigenvalue weighted by Crippen LogP contribution is -2.15. The van der Waals surface area contributed by atoms with Gasteiger partial charge in [-0.1, -0.05) is 30.4 Å². The lowest BCUT2D eigenvalue weighted by Gasteiger charge is -2.08. The van der Waals surface area contributed by atoms with Crippen LogP contribution >= 0.6 is 0 Å². The van der Waals surface area contributed by atoms with E-state index in [9.17, 15) is 4.79 Å². The molecule has 3 rings (SSSR count). The summed E-state index contributed by atoms with van der Waals surface area (Å²) in [6.07, 6.45) is 1.83. The monoisotopic (exact) mass is 293 g/mol. The second-order valence-corrected chi connectivity index (χ2v) is 5.83. The van der Waals surface area contributed by atoms with Gasteiger partial charge in [-0.3, -0.25) is 10.1 Å². The molecule has 2 aromatic rings. The van der Waals surface area contributed by atoms with Crippen LogP contribution in [0.4, 0.5) is 5.95 Å². The lowest BCUT2D eigenvalue weighted by molar-refractivity contribution is 0.102. The normalized spacial score (nSPS) is 16.2. The minimum atomic E-state index is -0.186. The molecule has 1 aliphatic rings. The summed E-state index contributed by atoms with van der Waals surface area (Å²) in [5.41, 5.74) is 4.95. The van der Waals surface area contributed by atoms with E-state index >= 15 is 0 Å². The van der Waals surface area contributed by atoms with E-state index in [-0.39, 0.29) is 5.91 Å². The van der Waals surface area contributed by atoms with E-state index in [0.717, 1.165) is 24.2 Å². The highest BCUT2D eigenvalue weighted by molar-refractivity contribution is 6.03. The number of rotatable bonds is 3. The van der Waals surface area contributed by atoms with Gasteiger partial charge in [-0.05, 0) is 50.3 Å². The van der Waals surface area contributed by atoms with Gasteiger partial charge in [0, 0.05) is 11.3 Å². The Morgan fingerprint density at radius 2 is 1.95 bits per heavy atom. The molecule has 1 atom stereocenters. The van der Waals surface area contributed by atoms with Crippen molar-refractivity contribution in [2.75, 3.05) is 5.32 Å². The molecule has 0 aliphatic heterocycles. The van der Waals surface area contributed by atoms with Crippen molar-refractivity contribution in [1.82, 2.24) is 9.97 Å². The van der Waals surface area contributed by atoms with Crippen LogP contribution in [-0.4, -0.2) is 15.9 Å². The number of fused-ring (bicyclic) bond motifs is 1. The smallest absolute Gasteiger partial charge is 0.258 e. The first-order chi connectivity index (χ1) is 10.5. The van der Waals surface area contributed by atoms with Gasteiger partial charge in [0.15, 0.2) is 0 Å². The average molecular weight is 293 g/mol. The molecule has 0 saturated carbocycles. The molecule has 0 unspecified atom stereocenters. The van der Waals surface area contributed by atoms with Crippen LogP contribution in [0.3, 0.4) is 0 Å². The number of nitrogens with one attached hydrogen (secondary N) is 1. The van der Waals surface area contributed by atoms with E-state index in [2.05, 4.69) is 28.8 Å². The van der Waals surface area contributed by atoms with Crippen LogP contribution in [0, 0.1) is 12.8 Å². The maximum Gasteiger partial charge on any atom is 0.258 e. The fraction of sp³-hybridized carbons (Fsp3) is 0.278. The average Bonchev–Trinajstić information content (AvgIpc) is 2.93. The molecular formula is C18H19N3O. The Hall–Kier alpha value is -2.49. The molecule has 1 amide bonds. The molecule has 0 radical (unpaired) electrons. The number of anilines is 1. The summed E-state index contributed by atoms with van der Waals surface area (Å²) in [6.45, 7) is 8.07. The van der Waals surface area contributed by atoms with Gasteiger partial charge >= 0.3 is 0 Å². The zero-order valence-corrected chi connectivity index (χ0v) is 12.9. The number of allylic oxidation sites excluding steroid dienone is 1. The van der Waals surface area contributed by atoms with E-state index < -0.39 is 0 Å². The summed E-state index contributed by atoms with van der Waals surface area (Å²) < 4.78 is 0. The fourth-order valence-electron chi connectivity index (χ4n) is 2.81. The largest absolute Gasteiger partial charge is 0.290 e. The van der Waals surface area contributed by atoms with Crippen molar-refractivity contribution in [1.29, 1.82) is 0 Å². The van der Waals surface area contributed by atoms with Crippen LogP contribution in [-0.2, 0) is 12.8 Å². The van der Waals surface area contributed by atoms with E-state index in [4.69, 9.17) is 0 Å². The first-order valence-corrected chi connectivity index (χ1v) is 7.43. The predicted octanol–water partition coefficient (Wildman–Crippen LogP) is 3.33. The van der Waals surface area contributed by atoms with Crippen molar-refractivity contribution in [2.45, 2.75) is 26.7 Å². The van der Waals surface area contributed by atoms with Gasteiger partial charge in [0.1, 0.15) is 0 Å². The SMILES string of the molecule is C=C(C)[C@@H]1Cc2nc(NC(=O)c3ccccc3)nc(C)c2C1. The van der Waals surface area contributed by atoms with E-state index in [1.807, 2.05) is 25.1 Å². The van der Waals surface area contributed by atoms with Crippen LogP contribution in [0.2, 0.25) is 0 Å². The lowest BCUT2D eigenvalue weighted by atomic mass is 9.99. The van der Waals surface area contributed by atoms with Crippen molar-refractivity contribution in [3.63, 3.8) is 0 Å². The van der Waals surface area contributed by atoms with Gasteiger partial charge in [0.2, 0.25) is 5.95 Å². The third-order valence-electron chi connectivity index (χ3n) is 4.15. The number of nitrogens with zero attached hydrogens (tertiary/aromatic N) is 2. The maximum atomic E-state index is 12.2. The molecule has 1 aromatic carbocycles. The number of carbonyl (C=O) groups is 1. The van der Waals surface area contributed by atoms with E-state index in [1.54, 1.807) is 12.1 Å². The third kappa shape index (κ3) is 2.77. The predicted molar refractivity (Wildman–Crippen MR) is 86.9 cm³/mol. The molecule has 0 spiro atoms. The first-order valence-electron chi connectivity index (χ1n) is 7.43. The molecule has 0 saturated heterocycles. The van der Waals surface area contributed by atoms with Crippen LogP contribution in [0.15, 0.2) is 42.5 Å². The Balaban J connectivity index is 1.83. The summed E-state index contributed by atoms with van der Waals surface area (Å²) in [5, 5.41) is 2.79. The quantitative estimate of drug-likeness (QED) is 0.883. The minimum absolute atomic E-state index is 0.186. The Morgan fingerprint density at radius 1 is 1.23 bits per heavy atom. The van der Waals surface area contributed by atoms with E-state index in [1.165, 1.54) is 11.1 Å². The number of carbonyl (C=O) groups excluding carboxylic acids is 1. The van der Waals surface area contributed by atoms with Crippen LogP contribution < -0.4 is 5.32 Å². The second kappa shape index (κ2) is 5.72. The molecular weight excluding hydrogens is 274 g/mol. The summed E-state index contributed by atoms with van der Waals surface area (Å²) >= 11 is 0. The molecule has 0 bridgehead atoms. The topological polar surface area (TPSA) is 54.9 Å². The van der Waals surface area contributed by atoms with Crippen molar-refractivity contribution in [3.05, 3.63) is 65.0 Å². The molecule has 112 valence electrons. The summed E-state index contributed by atoms with van der Waals surface area (Å²) in [7, 11) is 0. The summed E-state index contributed by atoms with van der Waals surface area (Å²) in [6, 6.07) is 9.09. The molecule has 22 heavy (non-hydrogen) atoms. The summed E-state index contributed by atoms with van der Waals surface area (Å²) in [5.74, 6) is 0.630. The maximum absolute atomic E-state index is 12.2. The highest BCUT2D eigenvalue weighted by Gasteiger charge is 2.26. The van der Waals surface area contributed by atoms with Crippen LogP contribution in [0.5, 0.6) is 0 Å². The molecule has 1 heterocycles. The molecule has 4 heteroatoms. The van der Waals surface area contributed by atoms with E-state index in [0.29, 0.717) is 17.4 Å². The van der Waals surface area contributed by atoms with Gasteiger partial charge in [0.25, 0.3) is 5.91 Å². The number of amides is 1. The standard InChI is InChI=1S/C18H19N3O/c1-11(2)14-9-15-12(3)19-18(20-16(15)10-14)21-17(22)13-7-5-4-6-8-13/h4-8,14H,1,9-10H2,2-3H3,(H,19,20,21,22)/t14-/m0/s1. The molecule has 1 aliphatic carbocycles. The number of hydrogen-bond donors (Lipinski definition) is 1. The van der Waals surface area contributed by atoms with Gasteiger partial charge in [-0.15, -0.1) is 0 Å². The number of aromatic nitrogens is 2. The fourth-order valence-corrected chi connectivity index (χ4v) is 2.81. The Morgan fingerprint density at radius 3 is 2.64 bits per heavy atom. The Kier molecular flexibility index (Phi) is 3.75. The third-order valence-corrected chi connectivity index (χ3v) is 4.15. The molecule has 1 aromatic heterocycles. The first kappa shape index (κ1) is 14.4. The molecule has 0 fully saturated rings. The van der Waals surface area contributed by atoms with Gasteiger partial charge in [0.05, 0.1) is 5.69 Å². The number of hydrogen-bond acceptors (Lipinski definition) is 3. The Bertz CT molecular complexity index is 737. The highest BCUT2D eigenvalue weighted by Crippen LogP contribution is 2.31. The minimum Gasteiger partial charge on any atom is -0.290 e. The molecule has 4 nitrogen and oxygen atoms in total. The highest BCUT2D eigenvalue weighted by atomic mass is 16.1. The van der Waals surface area contributed by atoms with Crippen molar-refractivity contribution >= 4 is 11.9 Å². The van der Waals surface area contributed by atoms with Crippen LogP contribution in [0.1, 0.15) is 34.2 Å². The number of aryl methyl sites for hydroxylation is 1. The Labute approximate surface area is 130 Å².